The van der Waals surface area contributed by atoms with E-state index < -0.39 is 6.10 Å². The third-order valence-corrected chi connectivity index (χ3v) is 6.77. The Kier molecular flexibility index (Phi) is 13.7. The number of carbonyl (C=O) groups is 1. The van der Waals surface area contributed by atoms with Crippen molar-refractivity contribution in [3.63, 3.8) is 0 Å². The third-order valence-electron chi connectivity index (χ3n) is 6.77. The van der Waals surface area contributed by atoms with Crippen LogP contribution in [0.15, 0.2) is 66.7 Å². The molecule has 0 amide bonds. The van der Waals surface area contributed by atoms with Crippen molar-refractivity contribution in [1.29, 1.82) is 0 Å². The molecule has 3 aromatic carbocycles. The zero-order chi connectivity index (χ0) is 28.6. The average Bonchev–Trinajstić information content (AvgIpc) is 2.95. The Bertz CT molecular complexity index is 1180. The molecule has 0 aliphatic rings. The van der Waals surface area contributed by atoms with Gasteiger partial charge in [-0.25, -0.2) is 0 Å². The molecule has 3 rings (SSSR count). The molecule has 0 heterocycles. The van der Waals surface area contributed by atoms with Gasteiger partial charge in [0.15, 0.2) is 0 Å². The molecule has 0 radical (unpaired) electrons. The lowest BCUT2D eigenvalue weighted by atomic mass is 10.00. The van der Waals surface area contributed by atoms with E-state index in [0.29, 0.717) is 23.4 Å². The van der Waals surface area contributed by atoms with Crippen molar-refractivity contribution in [3.05, 3.63) is 83.4 Å². The van der Waals surface area contributed by atoms with E-state index in [9.17, 15) is 20.1 Å². The highest BCUT2D eigenvalue weighted by atomic mass is 16.5. The van der Waals surface area contributed by atoms with Crippen LogP contribution in [0.1, 0.15) is 68.2 Å². The van der Waals surface area contributed by atoms with E-state index in [1.807, 2.05) is 36.4 Å². The van der Waals surface area contributed by atoms with Gasteiger partial charge in [-0.2, -0.15) is 0 Å². The molecule has 0 unspecified atom stereocenters. The number of unbranched alkanes of at least 4 members (excludes halogenated alkanes) is 4. The minimum absolute atomic E-state index is 0.0402. The Hall–Kier alpha value is -3.23. The highest BCUT2D eigenvalue weighted by Gasteiger charge is 2.10. The minimum Gasteiger partial charge on any atom is -0.508 e. The molecular weight excluding hydrogens is 506 g/mol. The first kappa shape index (κ1) is 31.3. The van der Waals surface area contributed by atoms with Gasteiger partial charge in [0.25, 0.3) is 0 Å². The van der Waals surface area contributed by atoms with E-state index >= 15 is 0 Å². The van der Waals surface area contributed by atoms with Gasteiger partial charge < -0.3 is 30.1 Å². The number of hydrogen-bond donors (Lipinski definition) is 4. The molecule has 0 saturated heterocycles. The van der Waals surface area contributed by atoms with Gasteiger partial charge in [0.05, 0.1) is 12.7 Å². The number of phenols is 1. The summed E-state index contributed by atoms with van der Waals surface area (Å²) in [5.74, 6) is 0.302. The summed E-state index contributed by atoms with van der Waals surface area (Å²) in [5.41, 5.74) is 4.33. The Balaban J connectivity index is 1.21. The van der Waals surface area contributed by atoms with Gasteiger partial charge in [-0.05, 0) is 73.5 Å². The molecule has 216 valence electrons. The zero-order valence-electron chi connectivity index (χ0n) is 23.5. The maximum atomic E-state index is 11.4. The van der Waals surface area contributed by atoms with Gasteiger partial charge in [0.2, 0.25) is 0 Å². The van der Waals surface area contributed by atoms with Crippen LogP contribution in [0.3, 0.4) is 0 Å². The fourth-order valence-electron chi connectivity index (χ4n) is 4.58. The maximum Gasteiger partial charge on any atom is 0.308 e. The first-order valence-electron chi connectivity index (χ1n) is 14.2. The monoisotopic (exact) mass is 549 g/mol. The molecule has 0 spiro atoms. The van der Waals surface area contributed by atoms with Crippen LogP contribution in [0, 0.1) is 0 Å². The number of aliphatic hydroxyl groups is 2. The zero-order valence-corrected chi connectivity index (χ0v) is 23.5. The Morgan fingerprint density at radius 3 is 2.48 bits per heavy atom. The molecule has 40 heavy (non-hydrogen) atoms. The highest BCUT2D eigenvalue weighted by molar-refractivity contribution is 5.76. The summed E-state index contributed by atoms with van der Waals surface area (Å²) in [6.45, 7) is 3.98. The van der Waals surface area contributed by atoms with Crippen LogP contribution in [0.2, 0.25) is 0 Å². The molecule has 1 atom stereocenters. The minimum atomic E-state index is -0.674. The Morgan fingerprint density at radius 1 is 0.900 bits per heavy atom. The van der Waals surface area contributed by atoms with Crippen molar-refractivity contribution < 1.29 is 29.6 Å². The number of carbonyl (C=O) groups excluding carboxylic acids is 1. The van der Waals surface area contributed by atoms with Gasteiger partial charge >= 0.3 is 5.97 Å². The van der Waals surface area contributed by atoms with Crippen LogP contribution in [0.5, 0.6) is 11.5 Å². The van der Waals surface area contributed by atoms with Gasteiger partial charge in [0, 0.05) is 37.8 Å². The second kappa shape index (κ2) is 17.5. The summed E-state index contributed by atoms with van der Waals surface area (Å²) in [4.78, 5) is 11.4. The van der Waals surface area contributed by atoms with Crippen LogP contribution >= 0.6 is 0 Å². The molecule has 0 aliphatic carbocycles. The smallest absolute Gasteiger partial charge is 0.308 e. The van der Waals surface area contributed by atoms with E-state index in [4.69, 9.17) is 9.47 Å². The molecule has 0 bridgehead atoms. The lowest BCUT2D eigenvalue weighted by Gasteiger charge is -2.14. The summed E-state index contributed by atoms with van der Waals surface area (Å²) in [6, 6.07) is 20.8. The van der Waals surface area contributed by atoms with Crippen LogP contribution in [0.4, 0.5) is 0 Å². The molecule has 0 aliphatic heterocycles. The van der Waals surface area contributed by atoms with Crippen LogP contribution < -0.4 is 10.1 Å². The third kappa shape index (κ3) is 10.7. The molecule has 0 fully saturated rings. The molecule has 7 nitrogen and oxygen atoms in total. The predicted molar refractivity (Wildman–Crippen MR) is 157 cm³/mol. The maximum absolute atomic E-state index is 11.4. The number of aromatic hydroxyl groups is 1. The number of hydrogen-bond acceptors (Lipinski definition) is 7. The van der Waals surface area contributed by atoms with Gasteiger partial charge in [-0.1, -0.05) is 61.4 Å². The number of rotatable bonds is 18. The van der Waals surface area contributed by atoms with E-state index in [1.165, 1.54) is 18.6 Å². The topological polar surface area (TPSA) is 108 Å². The average molecular weight is 550 g/mol. The fourth-order valence-corrected chi connectivity index (χ4v) is 4.58. The summed E-state index contributed by atoms with van der Waals surface area (Å²) in [6.07, 6.45) is 6.68. The molecule has 3 aromatic rings. The van der Waals surface area contributed by atoms with Gasteiger partial charge in [-0.15, -0.1) is 0 Å². The Morgan fingerprint density at radius 2 is 1.68 bits per heavy atom. The number of aliphatic hydroxyl groups excluding tert-OH is 2. The molecule has 0 aromatic heterocycles. The molecular formula is C33H43NO6. The number of esters is 1. The van der Waals surface area contributed by atoms with Crippen LogP contribution in [-0.4, -0.2) is 47.6 Å². The first-order chi connectivity index (χ1) is 19.5. The molecule has 4 N–H and O–H groups in total. The molecule has 0 saturated carbocycles. The van der Waals surface area contributed by atoms with Crippen molar-refractivity contribution in [1.82, 2.24) is 5.32 Å². The van der Waals surface area contributed by atoms with E-state index in [0.717, 1.165) is 75.8 Å². The predicted octanol–water partition coefficient (Wildman–Crippen LogP) is 5.70. The number of aryl methyl sites for hydroxylation is 1. The summed E-state index contributed by atoms with van der Waals surface area (Å²) >= 11 is 0. The van der Waals surface area contributed by atoms with E-state index in [1.54, 1.807) is 12.1 Å². The number of benzene rings is 3. The second-order valence-corrected chi connectivity index (χ2v) is 10.0. The normalized spacial score (nSPS) is 11.9. The lowest BCUT2D eigenvalue weighted by Crippen LogP contribution is -2.22. The van der Waals surface area contributed by atoms with E-state index in [2.05, 4.69) is 17.4 Å². The first-order valence-corrected chi connectivity index (χ1v) is 14.2. The van der Waals surface area contributed by atoms with Crippen molar-refractivity contribution in [2.24, 2.45) is 0 Å². The standard InChI is InChI=1S/C33H43NO6/c1-25(36)40-33-15-5-4-14-30(33)27-13-10-12-26(21-27)11-6-9-20-39-19-8-3-2-7-18-34-23-32(38)28-16-17-31(37)29(22-28)24-35/h4-5,10,12-17,21-22,32,34-35,37-38H,2-3,6-9,11,18-20,23-24H2,1H3/t32-/m0/s1. The van der Waals surface area contributed by atoms with Crippen molar-refractivity contribution in [3.8, 4) is 22.6 Å². The quantitative estimate of drug-likeness (QED) is 0.0916. The summed E-state index contributed by atoms with van der Waals surface area (Å²) in [7, 11) is 0. The van der Waals surface area contributed by atoms with Crippen LogP contribution in [0.25, 0.3) is 11.1 Å². The number of para-hydroxylation sites is 1. The van der Waals surface area contributed by atoms with Gasteiger partial charge in [0.1, 0.15) is 11.5 Å². The van der Waals surface area contributed by atoms with Crippen molar-refractivity contribution in [2.45, 2.75) is 64.6 Å². The van der Waals surface area contributed by atoms with E-state index in [-0.39, 0.29) is 18.3 Å². The van der Waals surface area contributed by atoms with Crippen molar-refractivity contribution in [2.75, 3.05) is 26.3 Å². The number of ether oxygens (including phenoxy) is 2. The van der Waals surface area contributed by atoms with Crippen LogP contribution in [-0.2, 0) is 22.6 Å². The highest BCUT2D eigenvalue weighted by Crippen LogP contribution is 2.30. The largest absolute Gasteiger partial charge is 0.508 e. The second-order valence-electron chi connectivity index (χ2n) is 10.0. The lowest BCUT2D eigenvalue weighted by molar-refractivity contribution is -0.131. The Labute approximate surface area is 237 Å². The molecule has 7 heteroatoms. The summed E-state index contributed by atoms with van der Waals surface area (Å²) in [5, 5.41) is 32.5. The SMILES string of the molecule is CC(=O)Oc1ccccc1-c1cccc(CCCCOCCCCCCNC[C@H](O)c2ccc(O)c(CO)c2)c1. The van der Waals surface area contributed by atoms with Crippen molar-refractivity contribution >= 4 is 5.97 Å². The fraction of sp³-hybridized carbons (Fsp3) is 0.424. The summed E-state index contributed by atoms with van der Waals surface area (Å²) < 4.78 is 11.2. The van der Waals surface area contributed by atoms with Gasteiger partial charge in [-0.3, -0.25) is 4.79 Å². The number of nitrogens with one attached hydrogen (secondary N) is 1.